The van der Waals surface area contributed by atoms with Crippen molar-refractivity contribution in [2.75, 3.05) is 5.32 Å². The van der Waals surface area contributed by atoms with E-state index in [0.717, 1.165) is 11.3 Å². The Bertz CT molecular complexity index is 1260. The number of aryl methyl sites for hydroxylation is 1. The Morgan fingerprint density at radius 2 is 1.86 bits per heavy atom. The van der Waals surface area contributed by atoms with Gasteiger partial charge in [-0.15, -0.1) is 0 Å². The summed E-state index contributed by atoms with van der Waals surface area (Å²) in [5.41, 5.74) is 2.87. The summed E-state index contributed by atoms with van der Waals surface area (Å²) in [5.74, 6) is -0.500. The molecule has 0 aliphatic rings. The van der Waals surface area contributed by atoms with Crippen molar-refractivity contribution in [3.05, 3.63) is 86.8 Å². The minimum absolute atomic E-state index is 0.0163. The number of nitrogens with zero attached hydrogens (tertiary/aromatic N) is 2. The van der Waals surface area contributed by atoms with Gasteiger partial charge < -0.3 is 10.3 Å². The lowest BCUT2D eigenvalue weighted by Crippen LogP contribution is -2.22. The zero-order valence-corrected chi connectivity index (χ0v) is 16.0. The zero-order chi connectivity index (χ0) is 19.8. The third-order valence-corrected chi connectivity index (χ3v) is 5.06. The van der Waals surface area contributed by atoms with Crippen LogP contribution in [0.25, 0.3) is 16.7 Å². The van der Waals surface area contributed by atoms with E-state index in [-0.39, 0.29) is 11.0 Å². The smallest absolute Gasteiger partial charge is 0.261 e. The number of hydrogen-bond donors (Lipinski definition) is 2. The number of amides is 1. The molecule has 4 rings (SSSR count). The fourth-order valence-electron chi connectivity index (χ4n) is 3.13. The molecule has 1 amide bonds. The van der Waals surface area contributed by atoms with Crippen molar-refractivity contribution in [3.8, 4) is 5.69 Å². The number of aromatic nitrogens is 3. The molecule has 2 N–H and O–H groups in total. The SMILES string of the molecule is Cc1c(Cl)cccc1NC(=O)c1c[nH]c2c(c(C)nn2-c2ccccc2)c1=O. The first kappa shape index (κ1) is 18.0. The van der Waals surface area contributed by atoms with E-state index in [0.29, 0.717) is 27.4 Å². The van der Waals surface area contributed by atoms with Gasteiger partial charge >= 0.3 is 0 Å². The summed E-state index contributed by atoms with van der Waals surface area (Å²) in [4.78, 5) is 28.8. The maximum Gasteiger partial charge on any atom is 0.261 e. The molecule has 28 heavy (non-hydrogen) atoms. The molecule has 0 bridgehead atoms. The standard InChI is InChI=1S/C21H17ClN4O2/c1-12-16(22)9-6-10-17(12)24-21(28)15-11-23-20-18(19(15)27)13(2)25-26(20)14-7-4-3-5-8-14/h3-11H,1-2H3,(H,23,27)(H,24,28). The van der Waals surface area contributed by atoms with Crippen LogP contribution in [-0.2, 0) is 0 Å². The number of aromatic amines is 1. The highest BCUT2D eigenvalue weighted by atomic mass is 35.5. The predicted molar refractivity (Wildman–Crippen MR) is 111 cm³/mol. The number of carbonyl (C=O) groups is 1. The average Bonchev–Trinajstić information content (AvgIpc) is 3.04. The summed E-state index contributed by atoms with van der Waals surface area (Å²) >= 11 is 6.10. The summed E-state index contributed by atoms with van der Waals surface area (Å²) in [6, 6.07) is 14.7. The van der Waals surface area contributed by atoms with Crippen LogP contribution in [0.1, 0.15) is 21.6 Å². The highest BCUT2D eigenvalue weighted by Gasteiger charge is 2.19. The molecule has 140 valence electrons. The van der Waals surface area contributed by atoms with Crippen LogP contribution >= 0.6 is 11.6 Å². The van der Waals surface area contributed by atoms with E-state index in [1.165, 1.54) is 6.20 Å². The first-order valence-corrected chi connectivity index (χ1v) is 9.08. The lowest BCUT2D eigenvalue weighted by molar-refractivity contribution is 0.102. The Morgan fingerprint density at radius 1 is 1.11 bits per heavy atom. The highest BCUT2D eigenvalue weighted by Crippen LogP contribution is 2.23. The molecule has 2 aromatic carbocycles. The van der Waals surface area contributed by atoms with Crippen molar-refractivity contribution in [1.29, 1.82) is 0 Å². The molecule has 2 aromatic heterocycles. The Balaban J connectivity index is 1.78. The molecular weight excluding hydrogens is 376 g/mol. The predicted octanol–water partition coefficient (Wildman–Crippen LogP) is 4.24. The number of rotatable bonds is 3. The minimum atomic E-state index is -0.500. The summed E-state index contributed by atoms with van der Waals surface area (Å²) in [6.07, 6.45) is 1.42. The number of para-hydroxylation sites is 1. The largest absolute Gasteiger partial charge is 0.345 e. The average molecular weight is 393 g/mol. The van der Waals surface area contributed by atoms with E-state index in [1.807, 2.05) is 30.3 Å². The van der Waals surface area contributed by atoms with Crippen molar-refractivity contribution in [2.45, 2.75) is 13.8 Å². The van der Waals surface area contributed by atoms with E-state index in [4.69, 9.17) is 11.6 Å². The highest BCUT2D eigenvalue weighted by molar-refractivity contribution is 6.31. The van der Waals surface area contributed by atoms with Crippen molar-refractivity contribution >= 4 is 34.2 Å². The number of fused-ring (bicyclic) bond motifs is 1. The van der Waals surface area contributed by atoms with Crippen LogP contribution in [0.5, 0.6) is 0 Å². The van der Waals surface area contributed by atoms with Gasteiger partial charge in [0.2, 0.25) is 5.43 Å². The second kappa shape index (κ2) is 6.98. The number of pyridine rings is 1. The zero-order valence-electron chi connectivity index (χ0n) is 15.3. The molecule has 0 saturated heterocycles. The van der Waals surface area contributed by atoms with Crippen LogP contribution in [0.4, 0.5) is 5.69 Å². The molecular formula is C21H17ClN4O2. The van der Waals surface area contributed by atoms with Crippen LogP contribution < -0.4 is 10.7 Å². The fourth-order valence-corrected chi connectivity index (χ4v) is 3.30. The second-order valence-electron chi connectivity index (χ2n) is 6.45. The molecule has 6 nitrogen and oxygen atoms in total. The van der Waals surface area contributed by atoms with Crippen molar-refractivity contribution in [2.24, 2.45) is 0 Å². The Kier molecular flexibility index (Phi) is 4.49. The van der Waals surface area contributed by atoms with Gasteiger partial charge in [-0.2, -0.15) is 5.10 Å². The molecule has 0 unspecified atom stereocenters. The molecule has 0 aliphatic carbocycles. The second-order valence-corrected chi connectivity index (χ2v) is 6.86. The minimum Gasteiger partial charge on any atom is -0.345 e. The van der Waals surface area contributed by atoms with Crippen molar-refractivity contribution in [3.63, 3.8) is 0 Å². The molecule has 2 heterocycles. The van der Waals surface area contributed by atoms with Crippen LogP contribution in [0.2, 0.25) is 5.02 Å². The summed E-state index contributed by atoms with van der Waals surface area (Å²) in [6.45, 7) is 3.55. The Morgan fingerprint density at radius 3 is 2.61 bits per heavy atom. The maximum absolute atomic E-state index is 13.0. The van der Waals surface area contributed by atoms with Gasteiger partial charge in [-0.1, -0.05) is 35.9 Å². The first-order valence-electron chi connectivity index (χ1n) is 8.70. The number of halogens is 1. The van der Waals surface area contributed by atoms with Gasteiger partial charge in [0.05, 0.1) is 16.8 Å². The Hall–Kier alpha value is -3.38. The molecule has 0 radical (unpaired) electrons. The van der Waals surface area contributed by atoms with Gasteiger partial charge in [0.25, 0.3) is 5.91 Å². The van der Waals surface area contributed by atoms with Gasteiger partial charge in [0.1, 0.15) is 11.2 Å². The fraction of sp³-hybridized carbons (Fsp3) is 0.0952. The number of hydrogen-bond acceptors (Lipinski definition) is 3. The third-order valence-electron chi connectivity index (χ3n) is 4.65. The lowest BCUT2D eigenvalue weighted by Gasteiger charge is -2.09. The van der Waals surface area contributed by atoms with Crippen LogP contribution in [-0.4, -0.2) is 20.7 Å². The van der Waals surface area contributed by atoms with E-state index < -0.39 is 5.91 Å². The Labute approximate surface area is 165 Å². The monoisotopic (exact) mass is 392 g/mol. The molecule has 0 saturated carbocycles. The number of carbonyl (C=O) groups excluding carboxylic acids is 1. The van der Waals surface area contributed by atoms with Gasteiger partial charge in [-0.25, -0.2) is 4.68 Å². The maximum atomic E-state index is 13.0. The first-order chi connectivity index (χ1) is 13.5. The summed E-state index contributed by atoms with van der Waals surface area (Å²) in [7, 11) is 0. The van der Waals surface area contributed by atoms with E-state index in [2.05, 4.69) is 15.4 Å². The van der Waals surface area contributed by atoms with Crippen molar-refractivity contribution < 1.29 is 4.79 Å². The molecule has 0 atom stereocenters. The number of H-pyrrole nitrogens is 1. The van der Waals surface area contributed by atoms with Crippen LogP contribution in [0.15, 0.2) is 59.5 Å². The third kappa shape index (κ3) is 2.97. The quantitative estimate of drug-likeness (QED) is 0.547. The molecule has 4 aromatic rings. The number of benzene rings is 2. The summed E-state index contributed by atoms with van der Waals surface area (Å²) in [5, 5.41) is 8.16. The van der Waals surface area contributed by atoms with E-state index in [9.17, 15) is 9.59 Å². The van der Waals surface area contributed by atoms with Gasteiger partial charge in [-0.05, 0) is 43.7 Å². The van der Waals surface area contributed by atoms with Gasteiger partial charge in [0.15, 0.2) is 0 Å². The van der Waals surface area contributed by atoms with Gasteiger partial charge in [0, 0.05) is 16.9 Å². The van der Waals surface area contributed by atoms with Crippen molar-refractivity contribution in [1.82, 2.24) is 14.8 Å². The topological polar surface area (TPSA) is 79.8 Å². The normalized spacial score (nSPS) is 11.0. The van der Waals surface area contributed by atoms with Gasteiger partial charge in [-0.3, -0.25) is 9.59 Å². The van der Waals surface area contributed by atoms with E-state index in [1.54, 1.807) is 36.7 Å². The molecule has 0 aliphatic heterocycles. The summed E-state index contributed by atoms with van der Waals surface area (Å²) < 4.78 is 1.66. The molecule has 7 heteroatoms. The lowest BCUT2D eigenvalue weighted by atomic mass is 10.1. The molecule has 0 fully saturated rings. The van der Waals surface area contributed by atoms with Crippen LogP contribution in [0, 0.1) is 13.8 Å². The van der Waals surface area contributed by atoms with E-state index >= 15 is 0 Å². The number of nitrogens with one attached hydrogen (secondary N) is 2. The van der Waals surface area contributed by atoms with Crippen LogP contribution in [0.3, 0.4) is 0 Å². The molecule has 0 spiro atoms. The number of anilines is 1.